The van der Waals surface area contributed by atoms with Crippen molar-refractivity contribution < 1.29 is 26.4 Å². The number of alkyl halides is 4. The number of hydrogen-bond donors (Lipinski definition) is 3. The molecule has 6 nitrogen and oxygen atoms in total. The van der Waals surface area contributed by atoms with Gasteiger partial charge in [-0.25, -0.2) is 18.7 Å². The molecule has 0 saturated carbocycles. The normalized spacial score (nSPS) is 17.1. The van der Waals surface area contributed by atoms with Gasteiger partial charge >= 0.3 is 11.9 Å². The van der Waals surface area contributed by atoms with Gasteiger partial charge in [0.15, 0.2) is 0 Å². The Morgan fingerprint density at radius 1 is 1.30 bits per heavy atom. The summed E-state index contributed by atoms with van der Waals surface area (Å²) >= 11 is 0. The topological polar surface area (TPSA) is 83.0 Å². The van der Waals surface area contributed by atoms with Crippen molar-refractivity contribution in [3.05, 3.63) is 34.1 Å². The average Bonchev–Trinajstić information content (AvgIpc) is 3.05. The van der Waals surface area contributed by atoms with Gasteiger partial charge in [-0.1, -0.05) is 0 Å². The van der Waals surface area contributed by atoms with Crippen LogP contribution < -0.4 is 16.4 Å². The molecule has 0 spiro atoms. The zero-order chi connectivity index (χ0) is 19.6. The molecule has 1 saturated heterocycles. The zero-order valence-corrected chi connectivity index (χ0v) is 14.0. The Balaban J connectivity index is 2.01. The molecule has 1 fully saturated rings. The lowest BCUT2D eigenvalue weighted by Crippen LogP contribution is -2.39. The summed E-state index contributed by atoms with van der Waals surface area (Å²) in [4.78, 5) is 11.1. The van der Waals surface area contributed by atoms with Gasteiger partial charge in [-0.15, -0.1) is 5.10 Å². The summed E-state index contributed by atoms with van der Waals surface area (Å²) < 4.78 is 72.6. The van der Waals surface area contributed by atoms with Gasteiger partial charge < -0.3 is 15.1 Å². The minimum absolute atomic E-state index is 0.177. The monoisotopic (exact) mass is 392 g/mol. The van der Waals surface area contributed by atoms with Gasteiger partial charge in [0.1, 0.15) is 18.1 Å². The van der Waals surface area contributed by atoms with Gasteiger partial charge in [-0.05, 0) is 44.0 Å². The molecule has 3 N–H and O–H groups in total. The molecule has 1 aromatic heterocycles. The number of rotatable bonds is 5. The number of anilines is 1. The van der Waals surface area contributed by atoms with E-state index in [9.17, 15) is 26.7 Å². The van der Waals surface area contributed by atoms with Crippen LogP contribution in [-0.2, 0) is 6.18 Å². The highest BCUT2D eigenvalue weighted by molar-refractivity contribution is 5.66. The van der Waals surface area contributed by atoms with Gasteiger partial charge in [0.2, 0.25) is 5.89 Å². The standard InChI is InChI=1S/C16H17F5N4O2/c17-7-12(8-1-3-22-4-2-8)23-11-6-9(14-24-25-15(26)27-14)5-10(18)13(11)16(19,20)21/h5-6,8,12,22-23H,1-4,7H2,(H,25,26)/t12-/m0/s1. The van der Waals surface area contributed by atoms with Crippen LogP contribution in [-0.4, -0.2) is 36.0 Å². The average molecular weight is 392 g/mol. The Morgan fingerprint density at radius 3 is 2.56 bits per heavy atom. The lowest BCUT2D eigenvalue weighted by atomic mass is 9.90. The lowest BCUT2D eigenvalue weighted by molar-refractivity contribution is -0.139. The van der Waals surface area contributed by atoms with E-state index < -0.39 is 41.7 Å². The molecule has 0 bridgehead atoms. The SMILES string of the molecule is O=c1[nH]nc(-c2cc(F)c(C(F)(F)F)c(N[C@@H](CF)C3CCNCC3)c2)o1. The number of aromatic amines is 1. The minimum Gasteiger partial charge on any atom is -0.388 e. The second-order valence-corrected chi connectivity index (χ2v) is 6.29. The van der Waals surface area contributed by atoms with E-state index >= 15 is 0 Å². The summed E-state index contributed by atoms with van der Waals surface area (Å²) in [5.41, 5.74) is -2.33. The number of nitrogens with zero attached hydrogens (tertiary/aromatic N) is 1. The Labute approximate surface area is 150 Å². The van der Waals surface area contributed by atoms with Crippen molar-refractivity contribution in [2.75, 3.05) is 25.1 Å². The second-order valence-electron chi connectivity index (χ2n) is 6.29. The minimum atomic E-state index is -4.99. The summed E-state index contributed by atoms with van der Waals surface area (Å²) in [6.45, 7) is 0.342. The van der Waals surface area contributed by atoms with E-state index in [0.29, 0.717) is 32.0 Å². The van der Waals surface area contributed by atoms with Crippen LogP contribution in [0, 0.1) is 11.7 Å². The van der Waals surface area contributed by atoms with Crippen LogP contribution in [0.15, 0.2) is 21.3 Å². The molecular formula is C16H17F5N4O2. The summed E-state index contributed by atoms with van der Waals surface area (Å²) in [6.07, 6.45) is -3.83. The van der Waals surface area contributed by atoms with Crippen molar-refractivity contribution >= 4 is 5.69 Å². The molecule has 27 heavy (non-hydrogen) atoms. The van der Waals surface area contributed by atoms with E-state index in [-0.39, 0.29) is 17.4 Å². The van der Waals surface area contributed by atoms with Crippen molar-refractivity contribution in [2.45, 2.75) is 25.1 Å². The summed E-state index contributed by atoms with van der Waals surface area (Å²) in [6, 6.07) is 0.616. The van der Waals surface area contributed by atoms with Gasteiger partial charge in [-0.2, -0.15) is 13.2 Å². The molecule has 0 unspecified atom stereocenters. The van der Waals surface area contributed by atoms with Crippen molar-refractivity contribution in [1.29, 1.82) is 0 Å². The number of piperidine rings is 1. The van der Waals surface area contributed by atoms with Gasteiger partial charge in [0, 0.05) is 5.56 Å². The number of nitrogens with one attached hydrogen (secondary N) is 3. The second kappa shape index (κ2) is 7.67. The predicted octanol–water partition coefficient (Wildman–Crippen LogP) is 2.94. The third-order valence-corrected chi connectivity index (χ3v) is 4.52. The molecule has 11 heteroatoms. The highest BCUT2D eigenvalue weighted by Crippen LogP contribution is 2.40. The number of benzene rings is 1. The van der Waals surface area contributed by atoms with Gasteiger partial charge in [-0.3, -0.25) is 0 Å². The van der Waals surface area contributed by atoms with Crippen molar-refractivity contribution in [3.8, 4) is 11.5 Å². The van der Waals surface area contributed by atoms with Crippen molar-refractivity contribution in [1.82, 2.24) is 15.5 Å². The van der Waals surface area contributed by atoms with Crippen LogP contribution in [0.1, 0.15) is 18.4 Å². The molecule has 148 valence electrons. The third kappa shape index (κ3) is 4.29. The molecular weight excluding hydrogens is 375 g/mol. The summed E-state index contributed by atoms with van der Waals surface area (Å²) in [7, 11) is 0. The van der Waals surface area contributed by atoms with Crippen molar-refractivity contribution in [2.24, 2.45) is 5.92 Å². The highest BCUT2D eigenvalue weighted by atomic mass is 19.4. The van der Waals surface area contributed by atoms with Crippen LogP contribution in [0.3, 0.4) is 0 Å². The zero-order valence-electron chi connectivity index (χ0n) is 14.0. The highest BCUT2D eigenvalue weighted by Gasteiger charge is 2.39. The number of H-pyrrole nitrogens is 1. The smallest absolute Gasteiger partial charge is 0.388 e. The molecule has 1 aliphatic heterocycles. The first-order valence-corrected chi connectivity index (χ1v) is 8.29. The molecule has 0 radical (unpaired) electrons. The first kappa shape index (κ1) is 19.3. The number of hydrogen-bond acceptors (Lipinski definition) is 5. The molecule has 1 aromatic carbocycles. The molecule has 0 aliphatic carbocycles. The van der Waals surface area contributed by atoms with Crippen LogP contribution >= 0.6 is 0 Å². The van der Waals surface area contributed by atoms with E-state index in [4.69, 9.17) is 0 Å². The Morgan fingerprint density at radius 2 is 2.00 bits per heavy atom. The van der Waals surface area contributed by atoms with Crippen molar-refractivity contribution in [3.63, 3.8) is 0 Å². The van der Waals surface area contributed by atoms with Crippen LogP contribution in [0.2, 0.25) is 0 Å². The largest absolute Gasteiger partial charge is 0.434 e. The third-order valence-electron chi connectivity index (χ3n) is 4.52. The fourth-order valence-electron chi connectivity index (χ4n) is 3.21. The maximum absolute atomic E-state index is 14.3. The summed E-state index contributed by atoms with van der Waals surface area (Å²) in [5.74, 6) is -3.08. The molecule has 1 aliphatic rings. The van der Waals surface area contributed by atoms with Crippen LogP contribution in [0.4, 0.5) is 27.6 Å². The molecule has 3 rings (SSSR count). The predicted molar refractivity (Wildman–Crippen MR) is 86.5 cm³/mol. The first-order chi connectivity index (χ1) is 12.8. The number of aromatic nitrogens is 2. The molecule has 2 aromatic rings. The van der Waals surface area contributed by atoms with E-state index in [2.05, 4.69) is 20.1 Å². The van der Waals surface area contributed by atoms with Crippen LogP contribution in [0.5, 0.6) is 0 Å². The van der Waals surface area contributed by atoms with E-state index in [1.54, 1.807) is 0 Å². The molecule has 0 amide bonds. The Bertz CT molecular complexity index is 842. The van der Waals surface area contributed by atoms with Crippen LogP contribution in [0.25, 0.3) is 11.5 Å². The maximum atomic E-state index is 14.3. The lowest BCUT2D eigenvalue weighted by Gasteiger charge is -2.31. The van der Waals surface area contributed by atoms with E-state index in [1.807, 2.05) is 5.10 Å². The number of halogens is 5. The fraction of sp³-hybridized carbons (Fsp3) is 0.500. The maximum Gasteiger partial charge on any atom is 0.434 e. The van der Waals surface area contributed by atoms with Gasteiger partial charge in [0.05, 0.1) is 11.7 Å². The van der Waals surface area contributed by atoms with E-state index in [0.717, 1.165) is 6.07 Å². The van der Waals surface area contributed by atoms with Gasteiger partial charge in [0.25, 0.3) is 0 Å². The quantitative estimate of drug-likeness (QED) is 0.682. The molecule has 1 atom stereocenters. The Hall–Kier alpha value is -2.43. The fourth-order valence-corrected chi connectivity index (χ4v) is 3.21. The summed E-state index contributed by atoms with van der Waals surface area (Å²) in [5, 5.41) is 11.0. The molecule has 2 heterocycles. The Kier molecular flexibility index (Phi) is 5.49. The van der Waals surface area contributed by atoms with E-state index in [1.165, 1.54) is 0 Å². The first-order valence-electron chi connectivity index (χ1n) is 8.29.